The van der Waals surface area contributed by atoms with Crippen molar-refractivity contribution < 1.29 is 4.79 Å². The van der Waals surface area contributed by atoms with Gasteiger partial charge in [-0.05, 0) is 38.0 Å². The fourth-order valence-corrected chi connectivity index (χ4v) is 1.58. The number of primary amides is 1. The first-order valence-corrected chi connectivity index (χ1v) is 5.46. The fourth-order valence-electron chi connectivity index (χ4n) is 1.58. The summed E-state index contributed by atoms with van der Waals surface area (Å²) in [6.45, 7) is 4.98. The van der Waals surface area contributed by atoms with E-state index in [4.69, 9.17) is 0 Å². The van der Waals surface area contributed by atoms with Crippen LogP contribution in [-0.2, 0) is 0 Å². The fraction of sp³-hybridized carbons (Fsp3) is 0.385. The lowest BCUT2D eigenvalue weighted by molar-refractivity contribution is 0.257. The summed E-state index contributed by atoms with van der Waals surface area (Å²) in [5.74, 6) is 0.885. The zero-order chi connectivity index (χ0) is 12.0. The highest BCUT2D eigenvalue weighted by Crippen LogP contribution is 2.36. The summed E-state index contributed by atoms with van der Waals surface area (Å²) < 4.78 is 0. The Hall–Kier alpha value is -1.64. The molecule has 0 radical (unpaired) electrons. The first-order valence-electron chi connectivity index (χ1n) is 5.46. The molecule has 2 rings (SSSR count). The lowest BCUT2D eigenvalue weighted by Crippen LogP contribution is -2.08. The second-order valence-corrected chi connectivity index (χ2v) is 4.03. The molecule has 0 unspecified atom stereocenters. The molecule has 1 aliphatic rings. The van der Waals surface area contributed by atoms with Crippen molar-refractivity contribution in [2.45, 2.75) is 32.1 Å². The molecule has 3 heteroatoms. The third-order valence-corrected chi connectivity index (χ3v) is 2.81. The van der Waals surface area contributed by atoms with E-state index in [-0.39, 0.29) is 0 Å². The average Bonchev–Trinajstić information content (AvgIpc) is 2.20. The number of hydrogen-bond donors (Lipinski definition) is 1. The molecule has 2 amide bonds. The molecule has 0 heterocycles. The van der Waals surface area contributed by atoms with E-state index in [0.29, 0.717) is 0 Å². The Morgan fingerprint density at radius 1 is 1.38 bits per heavy atom. The van der Waals surface area contributed by atoms with Crippen LogP contribution in [0.2, 0.25) is 0 Å². The monoisotopic (exact) mass is 218 g/mol. The van der Waals surface area contributed by atoms with Crippen molar-refractivity contribution >= 4 is 12.7 Å². The molecule has 3 nitrogen and oxygen atoms in total. The molecule has 0 aromatic heterocycles. The Balaban J connectivity index is 0.000000221. The summed E-state index contributed by atoms with van der Waals surface area (Å²) in [6, 6.07) is 8.25. The quantitative estimate of drug-likeness (QED) is 0.724. The van der Waals surface area contributed by atoms with Crippen LogP contribution in [-0.4, -0.2) is 12.7 Å². The number of carbonyl (C=O) groups is 1. The van der Waals surface area contributed by atoms with Gasteiger partial charge in [-0.2, -0.15) is 0 Å². The number of benzene rings is 1. The number of rotatable bonds is 1. The summed E-state index contributed by atoms with van der Waals surface area (Å²) in [7, 11) is 0. The van der Waals surface area contributed by atoms with Crippen LogP contribution in [0.3, 0.4) is 0 Å². The minimum Gasteiger partial charge on any atom is -0.350 e. The predicted octanol–water partition coefficient (Wildman–Crippen LogP) is 3.03. The van der Waals surface area contributed by atoms with Crippen LogP contribution < -0.4 is 5.73 Å². The number of aryl methyl sites for hydroxylation is 1. The Bertz CT molecular complexity index is 353. The van der Waals surface area contributed by atoms with Crippen molar-refractivity contribution in [1.82, 2.24) is 0 Å². The van der Waals surface area contributed by atoms with Gasteiger partial charge in [0, 0.05) is 0 Å². The summed E-state index contributed by atoms with van der Waals surface area (Å²) in [4.78, 5) is 12.1. The summed E-state index contributed by atoms with van der Waals surface area (Å²) in [6.07, 6.45) is 4.24. The van der Waals surface area contributed by atoms with Crippen LogP contribution in [0.5, 0.6) is 0 Å². The van der Waals surface area contributed by atoms with Crippen LogP contribution in [0, 0.1) is 6.92 Å². The van der Waals surface area contributed by atoms with Gasteiger partial charge in [0.1, 0.15) is 0 Å². The van der Waals surface area contributed by atoms with Gasteiger partial charge >= 0.3 is 6.03 Å². The topological polar surface area (TPSA) is 55.4 Å². The molecule has 86 valence electrons. The second kappa shape index (κ2) is 6.05. The van der Waals surface area contributed by atoms with E-state index < -0.39 is 6.03 Å². The van der Waals surface area contributed by atoms with Crippen LogP contribution in [0.4, 0.5) is 4.79 Å². The van der Waals surface area contributed by atoms with Gasteiger partial charge < -0.3 is 5.73 Å². The smallest absolute Gasteiger partial charge is 0.337 e. The van der Waals surface area contributed by atoms with E-state index in [2.05, 4.69) is 48.6 Å². The summed E-state index contributed by atoms with van der Waals surface area (Å²) in [5, 5.41) is 0. The van der Waals surface area contributed by atoms with Crippen LogP contribution in [0.15, 0.2) is 29.3 Å². The predicted molar refractivity (Wildman–Crippen MR) is 66.9 cm³/mol. The number of carbonyl (C=O) groups excluding carboxylic acids is 1. The molecular formula is C13H18N2O. The van der Waals surface area contributed by atoms with Crippen LogP contribution >= 0.6 is 0 Å². The van der Waals surface area contributed by atoms with E-state index in [1.165, 1.54) is 24.8 Å². The first kappa shape index (κ1) is 12.4. The van der Waals surface area contributed by atoms with E-state index >= 15 is 0 Å². The Morgan fingerprint density at radius 2 is 1.88 bits per heavy atom. The van der Waals surface area contributed by atoms with Gasteiger partial charge in [-0.15, -0.1) is 0 Å². The van der Waals surface area contributed by atoms with Gasteiger partial charge in [-0.25, -0.2) is 9.79 Å². The molecule has 0 spiro atoms. The third kappa shape index (κ3) is 3.85. The van der Waals surface area contributed by atoms with Crippen LogP contribution in [0.1, 0.15) is 36.3 Å². The first-order chi connectivity index (χ1) is 7.63. The number of hydrogen-bond acceptors (Lipinski definition) is 1. The van der Waals surface area contributed by atoms with E-state index in [1.54, 1.807) is 5.56 Å². The summed E-state index contributed by atoms with van der Waals surface area (Å²) in [5.41, 5.74) is 7.34. The van der Waals surface area contributed by atoms with Gasteiger partial charge in [-0.1, -0.05) is 36.2 Å². The standard InChI is InChI=1S/C11H14.C2H4N2O/c1-9-5-7-11(8-6-9)10-3-2-4-10;1-4-2(3)5/h5-8,10H,2-4H2,1H3;1H2,(H2,3,5). The molecule has 2 N–H and O–H groups in total. The molecule has 16 heavy (non-hydrogen) atoms. The summed E-state index contributed by atoms with van der Waals surface area (Å²) >= 11 is 0. The van der Waals surface area contributed by atoms with Crippen molar-refractivity contribution in [3.63, 3.8) is 0 Å². The van der Waals surface area contributed by atoms with Gasteiger partial charge in [0.25, 0.3) is 0 Å². The highest BCUT2D eigenvalue weighted by Gasteiger charge is 2.18. The highest BCUT2D eigenvalue weighted by molar-refractivity contribution is 5.76. The number of aliphatic imine (C=N–C) groups is 1. The molecule has 1 saturated carbocycles. The molecule has 1 aromatic rings. The molecule has 0 atom stereocenters. The van der Waals surface area contributed by atoms with E-state index in [0.717, 1.165) is 5.92 Å². The number of nitrogens with zero attached hydrogens (tertiary/aromatic N) is 1. The molecule has 1 aromatic carbocycles. The van der Waals surface area contributed by atoms with Crippen molar-refractivity contribution in [3.05, 3.63) is 35.4 Å². The number of amides is 2. The molecule has 0 bridgehead atoms. The number of nitrogens with two attached hydrogens (primary N) is 1. The van der Waals surface area contributed by atoms with E-state index in [1.807, 2.05) is 0 Å². The normalized spacial score (nSPS) is 14.3. The largest absolute Gasteiger partial charge is 0.350 e. The molecular weight excluding hydrogens is 200 g/mol. The van der Waals surface area contributed by atoms with Gasteiger partial charge in [-0.3, -0.25) is 0 Å². The second-order valence-electron chi connectivity index (χ2n) is 4.03. The molecule has 0 saturated heterocycles. The maximum Gasteiger partial charge on any atom is 0.337 e. The zero-order valence-electron chi connectivity index (χ0n) is 9.65. The van der Waals surface area contributed by atoms with Crippen molar-refractivity contribution in [1.29, 1.82) is 0 Å². The van der Waals surface area contributed by atoms with Crippen molar-refractivity contribution in [2.75, 3.05) is 0 Å². The average molecular weight is 218 g/mol. The van der Waals surface area contributed by atoms with Gasteiger partial charge in [0.2, 0.25) is 0 Å². The lowest BCUT2D eigenvalue weighted by atomic mass is 9.80. The Kier molecular flexibility index (Phi) is 4.70. The highest BCUT2D eigenvalue weighted by atomic mass is 16.2. The zero-order valence-corrected chi connectivity index (χ0v) is 9.65. The van der Waals surface area contributed by atoms with Crippen LogP contribution in [0.25, 0.3) is 0 Å². The minimum atomic E-state index is -0.731. The Labute approximate surface area is 96.4 Å². The van der Waals surface area contributed by atoms with Gasteiger partial charge in [0.15, 0.2) is 0 Å². The maximum absolute atomic E-state index is 9.36. The molecule has 1 fully saturated rings. The minimum absolute atomic E-state index is 0.731. The van der Waals surface area contributed by atoms with Crippen molar-refractivity contribution in [3.8, 4) is 0 Å². The maximum atomic E-state index is 9.36. The van der Waals surface area contributed by atoms with E-state index in [9.17, 15) is 4.79 Å². The SMILES string of the molecule is C=NC(N)=O.Cc1ccc(C2CCC2)cc1. The number of urea groups is 1. The molecule has 0 aliphatic heterocycles. The lowest BCUT2D eigenvalue weighted by Gasteiger charge is -2.25. The van der Waals surface area contributed by atoms with Crippen molar-refractivity contribution in [2.24, 2.45) is 10.7 Å². The third-order valence-electron chi connectivity index (χ3n) is 2.81. The molecule has 1 aliphatic carbocycles. The van der Waals surface area contributed by atoms with Gasteiger partial charge in [0.05, 0.1) is 0 Å². The Morgan fingerprint density at radius 3 is 2.19 bits per heavy atom.